The first-order valence-electron chi connectivity index (χ1n) is 10.1. The van der Waals surface area contributed by atoms with E-state index in [1.54, 1.807) is 24.3 Å². The fourth-order valence-electron chi connectivity index (χ4n) is 3.69. The number of ether oxygens (including phenoxy) is 2. The van der Waals surface area contributed by atoms with E-state index in [-0.39, 0.29) is 31.9 Å². The Hall–Kier alpha value is -3.08. The Morgan fingerprint density at radius 1 is 1.28 bits per heavy atom. The fourth-order valence-corrected chi connectivity index (χ4v) is 3.69. The average Bonchev–Trinajstić information content (AvgIpc) is 3.20. The van der Waals surface area contributed by atoms with Gasteiger partial charge in [0.2, 0.25) is 0 Å². The normalized spacial score (nSPS) is 16.4. The van der Waals surface area contributed by atoms with Crippen molar-refractivity contribution in [2.75, 3.05) is 31.8 Å². The van der Waals surface area contributed by atoms with Crippen molar-refractivity contribution >= 4 is 11.7 Å². The van der Waals surface area contributed by atoms with Gasteiger partial charge in [-0.2, -0.15) is 18.3 Å². The third kappa shape index (κ3) is 5.58. The standard InChI is InChI=1S/C21H24F3N3O5/c1-31-16-6-4-14(5-7-16)12-27-20(30)19(21(22,23)24)17(11-25-27)26-9-2-3-15(26)13-32-10-8-18(28)29/h4-7,11,15H,2-3,8-10,12-13H2,1H3,(H,28,29)/t15-/m0/s1. The number of carboxylic acid groups (broad SMARTS) is 1. The molecule has 2 heterocycles. The van der Waals surface area contributed by atoms with Gasteiger partial charge in [-0.1, -0.05) is 12.1 Å². The predicted molar refractivity (Wildman–Crippen MR) is 109 cm³/mol. The van der Waals surface area contributed by atoms with Gasteiger partial charge in [-0.05, 0) is 30.5 Å². The van der Waals surface area contributed by atoms with Crippen LogP contribution in [0.1, 0.15) is 30.4 Å². The Morgan fingerprint density at radius 2 is 2.00 bits per heavy atom. The van der Waals surface area contributed by atoms with Gasteiger partial charge in [-0.15, -0.1) is 0 Å². The van der Waals surface area contributed by atoms with Crippen molar-refractivity contribution in [3.05, 3.63) is 51.9 Å². The molecule has 1 aliphatic rings. The van der Waals surface area contributed by atoms with Crippen molar-refractivity contribution in [3.63, 3.8) is 0 Å². The fraction of sp³-hybridized carbons (Fsp3) is 0.476. The maximum Gasteiger partial charge on any atom is 0.423 e. The number of benzene rings is 1. The number of halogens is 3. The minimum absolute atomic E-state index is 0.0342. The highest BCUT2D eigenvalue weighted by atomic mass is 19.4. The smallest absolute Gasteiger partial charge is 0.423 e. The highest BCUT2D eigenvalue weighted by Crippen LogP contribution is 2.36. The van der Waals surface area contributed by atoms with Gasteiger partial charge < -0.3 is 19.5 Å². The van der Waals surface area contributed by atoms with Crippen LogP contribution in [-0.4, -0.2) is 53.8 Å². The molecule has 0 aliphatic carbocycles. The van der Waals surface area contributed by atoms with Crippen molar-refractivity contribution in [3.8, 4) is 5.75 Å². The molecular weight excluding hydrogens is 431 g/mol. The summed E-state index contributed by atoms with van der Waals surface area (Å²) in [7, 11) is 1.50. The van der Waals surface area contributed by atoms with E-state index in [0.29, 0.717) is 30.7 Å². The van der Waals surface area contributed by atoms with Gasteiger partial charge in [-0.25, -0.2) is 4.68 Å². The number of rotatable bonds is 9. The minimum atomic E-state index is -4.87. The SMILES string of the molecule is COc1ccc(Cn2ncc(N3CCC[C@H]3COCCC(=O)O)c(C(F)(F)F)c2=O)cc1. The molecule has 0 unspecified atom stereocenters. The van der Waals surface area contributed by atoms with Crippen molar-refractivity contribution < 1.29 is 32.5 Å². The van der Waals surface area contributed by atoms with E-state index in [1.165, 1.54) is 12.0 Å². The Morgan fingerprint density at radius 3 is 2.62 bits per heavy atom. The molecule has 1 atom stereocenters. The quantitative estimate of drug-likeness (QED) is 0.581. The lowest BCUT2D eigenvalue weighted by Crippen LogP contribution is -2.39. The van der Waals surface area contributed by atoms with Crippen LogP contribution in [0.5, 0.6) is 5.75 Å². The van der Waals surface area contributed by atoms with Crippen molar-refractivity contribution in [1.82, 2.24) is 9.78 Å². The first kappa shape index (κ1) is 23.6. The number of aromatic nitrogens is 2. The lowest BCUT2D eigenvalue weighted by molar-refractivity contribution is -0.139. The average molecular weight is 455 g/mol. The summed E-state index contributed by atoms with van der Waals surface area (Å²) in [5, 5.41) is 12.7. The number of aliphatic carboxylic acids is 1. The maximum atomic E-state index is 13.9. The number of methoxy groups -OCH3 is 1. The molecule has 0 radical (unpaired) electrons. The molecule has 1 saturated heterocycles. The summed E-state index contributed by atoms with van der Waals surface area (Å²) < 4.78 is 53.0. The molecule has 1 aromatic heterocycles. The topological polar surface area (TPSA) is 93.9 Å². The Balaban J connectivity index is 1.86. The molecule has 2 aromatic rings. The second-order valence-corrected chi connectivity index (χ2v) is 7.42. The zero-order valence-corrected chi connectivity index (χ0v) is 17.5. The summed E-state index contributed by atoms with van der Waals surface area (Å²) in [5.74, 6) is -0.427. The number of nitrogens with zero attached hydrogens (tertiary/aromatic N) is 3. The van der Waals surface area contributed by atoms with Gasteiger partial charge in [-0.3, -0.25) is 9.59 Å². The molecule has 0 amide bonds. The summed E-state index contributed by atoms with van der Waals surface area (Å²) in [6.45, 7) is 0.237. The van der Waals surface area contributed by atoms with Crippen LogP contribution in [0, 0.1) is 0 Å². The van der Waals surface area contributed by atoms with Crippen molar-refractivity contribution in [2.45, 2.75) is 38.0 Å². The Labute approximate surface area is 182 Å². The number of carboxylic acids is 1. The highest BCUT2D eigenvalue weighted by molar-refractivity contribution is 5.66. The molecule has 32 heavy (non-hydrogen) atoms. The van der Waals surface area contributed by atoms with Crippen molar-refractivity contribution in [2.24, 2.45) is 0 Å². The molecule has 8 nitrogen and oxygen atoms in total. The maximum absolute atomic E-state index is 13.9. The van der Waals surface area contributed by atoms with Crippen LogP contribution in [-0.2, 0) is 22.3 Å². The second-order valence-electron chi connectivity index (χ2n) is 7.42. The first-order valence-corrected chi connectivity index (χ1v) is 10.1. The number of hydrogen-bond donors (Lipinski definition) is 1. The molecule has 174 valence electrons. The number of hydrogen-bond acceptors (Lipinski definition) is 6. The van der Waals surface area contributed by atoms with Crippen molar-refractivity contribution in [1.29, 1.82) is 0 Å². The van der Waals surface area contributed by atoms with E-state index in [1.807, 2.05) is 0 Å². The zero-order chi connectivity index (χ0) is 23.3. The second kappa shape index (κ2) is 10.0. The van der Waals surface area contributed by atoms with Gasteiger partial charge in [0.05, 0.1) is 51.2 Å². The molecule has 3 rings (SSSR count). The number of anilines is 1. The third-order valence-electron chi connectivity index (χ3n) is 5.26. The van der Waals surface area contributed by atoms with Crippen LogP contribution < -0.4 is 15.2 Å². The van der Waals surface area contributed by atoms with E-state index in [4.69, 9.17) is 14.6 Å². The molecule has 0 bridgehead atoms. The summed E-state index contributed by atoms with van der Waals surface area (Å²) in [6, 6.07) is 6.21. The molecule has 0 saturated carbocycles. The highest BCUT2D eigenvalue weighted by Gasteiger charge is 2.41. The summed E-state index contributed by atoms with van der Waals surface area (Å²) in [5.41, 5.74) is -2.16. The molecule has 1 aliphatic heterocycles. The lowest BCUT2D eigenvalue weighted by atomic mass is 10.1. The van der Waals surface area contributed by atoms with E-state index < -0.39 is 29.3 Å². The monoisotopic (exact) mass is 455 g/mol. The van der Waals surface area contributed by atoms with Crippen LogP contribution in [0.2, 0.25) is 0 Å². The van der Waals surface area contributed by atoms with Gasteiger partial charge >= 0.3 is 12.1 Å². The first-order chi connectivity index (χ1) is 15.2. The van der Waals surface area contributed by atoms with Crippen LogP contribution in [0.3, 0.4) is 0 Å². The van der Waals surface area contributed by atoms with Crippen LogP contribution >= 0.6 is 0 Å². The molecule has 1 N–H and O–H groups in total. The van der Waals surface area contributed by atoms with E-state index in [0.717, 1.165) is 10.9 Å². The molecular formula is C21H24F3N3O5. The Kier molecular flexibility index (Phi) is 7.39. The lowest BCUT2D eigenvalue weighted by Gasteiger charge is -2.28. The van der Waals surface area contributed by atoms with E-state index in [9.17, 15) is 22.8 Å². The summed E-state index contributed by atoms with van der Waals surface area (Å²) >= 11 is 0. The summed E-state index contributed by atoms with van der Waals surface area (Å²) in [6.07, 6.45) is -2.79. The zero-order valence-electron chi connectivity index (χ0n) is 17.5. The largest absolute Gasteiger partial charge is 0.497 e. The van der Waals surface area contributed by atoms with E-state index in [2.05, 4.69) is 5.10 Å². The van der Waals surface area contributed by atoms with Gasteiger partial charge in [0.1, 0.15) is 11.3 Å². The molecule has 0 spiro atoms. The van der Waals surface area contributed by atoms with Crippen LogP contribution in [0.25, 0.3) is 0 Å². The molecule has 1 aromatic carbocycles. The van der Waals surface area contributed by atoms with Crippen LogP contribution in [0.4, 0.5) is 18.9 Å². The van der Waals surface area contributed by atoms with Gasteiger partial charge in [0, 0.05) is 6.54 Å². The molecule has 1 fully saturated rings. The van der Waals surface area contributed by atoms with Gasteiger partial charge in [0.15, 0.2) is 0 Å². The predicted octanol–water partition coefficient (Wildman–Crippen LogP) is 2.78. The molecule has 11 heteroatoms. The van der Waals surface area contributed by atoms with Gasteiger partial charge in [0.25, 0.3) is 5.56 Å². The minimum Gasteiger partial charge on any atom is -0.497 e. The summed E-state index contributed by atoms with van der Waals surface area (Å²) in [4.78, 5) is 24.9. The van der Waals surface area contributed by atoms with Crippen LogP contribution in [0.15, 0.2) is 35.3 Å². The number of carbonyl (C=O) groups is 1. The Bertz CT molecular complexity index is 992. The van der Waals surface area contributed by atoms with E-state index >= 15 is 0 Å². The number of alkyl halides is 3. The third-order valence-corrected chi connectivity index (χ3v) is 5.26.